The summed E-state index contributed by atoms with van der Waals surface area (Å²) in [7, 11) is 0. The molecule has 1 fully saturated rings. The predicted octanol–water partition coefficient (Wildman–Crippen LogP) is 2.43. The van der Waals surface area contributed by atoms with Gasteiger partial charge in [0.05, 0.1) is 0 Å². The van der Waals surface area contributed by atoms with Gasteiger partial charge in [-0.15, -0.1) is 0 Å². The van der Waals surface area contributed by atoms with Gasteiger partial charge in [-0.1, -0.05) is 45.0 Å². The second-order valence-electron chi connectivity index (χ2n) is 6.87. The summed E-state index contributed by atoms with van der Waals surface area (Å²) in [6, 6.07) is 7.26. The van der Waals surface area contributed by atoms with Crippen molar-refractivity contribution in [1.82, 2.24) is 10.2 Å². The zero-order valence-corrected chi connectivity index (χ0v) is 13.3. The fraction of sp³-hybridized carbons (Fsp3) is 0.529. The van der Waals surface area contributed by atoms with Crippen LogP contribution in [0.3, 0.4) is 0 Å². The van der Waals surface area contributed by atoms with E-state index >= 15 is 0 Å². The molecule has 0 aliphatic carbocycles. The van der Waals surface area contributed by atoms with Crippen LogP contribution >= 0.6 is 0 Å². The first-order chi connectivity index (χ1) is 9.79. The van der Waals surface area contributed by atoms with E-state index in [9.17, 15) is 9.59 Å². The minimum absolute atomic E-state index is 0.0469. The predicted molar refractivity (Wildman–Crippen MR) is 82.7 cm³/mol. The highest BCUT2D eigenvalue weighted by Crippen LogP contribution is 2.29. The van der Waals surface area contributed by atoms with Crippen LogP contribution in [0.4, 0.5) is 0 Å². The van der Waals surface area contributed by atoms with Crippen LogP contribution in [0.25, 0.3) is 0 Å². The van der Waals surface area contributed by atoms with Crippen LogP contribution in [-0.4, -0.2) is 29.8 Å². The Balaban J connectivity index is 2.32. The van der Waals surface area contributed by atoms with Crippen molar-refractivity contribution in [3.8, 4) is 0 Å². The molecule has 1 N–H and O–H groups in total. The smallest absolute Gasteiger partial charge is 0.247 e. The number of nitrogens with one attached hydrogen (secondary N) is 1. The van der Waals surface area contributed by atoms with Crippen LogP contribution in [0.2, 0.25) is 0 Å². The first kappa shape index (κ1) is 15.5. The van der Waals surface area contributed by atoms with Crippen molar-refractivity contribution in [2.45, 2.75) is 40.2 Å². The molecule has 2 rings (SSSR count). The van der Waals surface area contributed by atoms with Crippen molar-refractivity contribution < 1.29 is 9.59 Å². The number of carbonyl (C=O) groups excluding carboxylic acids is 2. The summed E-state index contributed by atoms with van der Waals surface area (Å²) in [5.41, 5.74) is 1.87. The van der Waals surface area contributed by atoms with Gasteiger partial charge in [-0.25, -0.2) is 0 Å². The quantitative estimate of drug-likeness (QED) is 0.908. The summed E-state index contributed by atoms with van der Waals surface area (Å²) in [5, 5.41) is 2.87. The number of hydrogen-bond donors (Lipinski definition) is 1. The lowest BCUT2D eigenvalue weighted by atomic mass is 9.90. The number of rotatable bonds is 2. The molecular formula is C17H24N2O2. The topological polar surface area (TPSA) is 49.4 Å². The number of benzene rings is 1. The van der Waals surface area contributed by atoms with Gasteiger partial charge in [0.2, 0.25) is 11.8 Å². The van der Waals surface area contributed by atoms with Crippen LogP contribution in [0.1, 0.15) is 44.4 Å². The normalized spacial score (nSPS) is 19.3. The molecular weight excluding hydrogens is 264 g/mol. The van der Waals surface area contributed by atoms with Crippen LogP contribution in [0.5, 0.6) is 0 Å². The standard InChI is InChI=1S/C17H24N2O2/c1-12-7-5-6-8-13(12)15-16(21)18-9-10-19(15)14(20)11-17(2,3)4/h5-8,15H,9-11H2,1-4H3,(H,18,21). The van der Waals surface area contributed by atoms with Crippen molar-refractivity contribution in [1.29, 1.82) is 0 Å². The Morgan fingerprint density at radius 3 is 2.62 bits per heavy atom. The SMILES string of the molecule is Cc1ccccc1C1C(=O)NCCN1C(=O)CC(C)(C)C. The van der Waals surface area contributed by atoms with E-state index in [0.717, 1.165) is 11.1 Å². The maximum absolute atomic E-state index is 12.6. The molecule has 114 valence electrons. The summed E-state index contributed by atoms with van der Waals surface area (Å²) in [5.74, 6) is -0.0385. The van der Waals surface area contributed by atoms with Gasteiger partial charge < -0.3 is 10.2 Å². The van der Waals surface area contributed by atoms with Gasteiger partial charge in [0.1, 0.15) is 6.04 Å². The molecule has 1 unspecified atom stereocenters. The molecule has 1 heterocycles. The van der Waals surface area contributed by atoms with E-state index in [1.165, 1.54) is 0 Å². The molecule has 4 nitrogen and oxygen atoms in total. The van der Waals surface area contributed by atoms with E-state index < -0.39 is 6.04 Å². The zero-order valence-electron chi connectivity index (χ0n) is 13.3. The largest absolute Gasteiger partial charge is 0.352 e. The Hall–Kier alpha value is -1.84. The van der Waals surface area contributed by atoms with Gasteiger partial charge >= 0.3 is 0 Å². The van der Waals surface area contributed by atoms with E-state index in [4.69, 9.17) is 0 Å². The third-order valence-electron chi connectivity index (χ3n) is 3.70. The molecule has 1 atom stereocenters. The van der Waals surface area contributed by atoms with Crippen molar-refractivity contribution in [2.24, 2.45) is 5.41 Å². The molecule has 1 saturated heterocycles. The average Bonchev–Trinajstić information content (AvgIpc) is 2.37. The summed E-state index contributed by atoms with van der Waals surface area (Å²) in [4.78, 5) is 26.7. The first-order valence-corrected chi connectivity index (χ1v) is 7.42. The number of piperazine rings is 1. The molecule has 0 radical (unpaired) electrons. The highest BCUT2D eigenvalue weighted by atomic mass is 16.2. The molecule has 21 heavy (non-hydrogen) atoms. The molecule has 2 amide bonds. The molecule has 0 saturated carbocycles. The van der Waals surface area contributed by atoms with Crippen LogP contribution in [0, 0.1) is 12.3 Å². The fourth-order valence-electron chi connectivity index (χ4n) is 2.69. The molecule has 0 spiro atoms. The van der Waals surface area contributed by atoms with Crippen molar-refractivity contribution in [3.63, 3.8) is 0 Å². The number of hydrogen-bond acceptors (Lipinski definition) is 2. The summed E-state index contributed by atoms with van der Waals surface area (Å²) >= 11 is 0. The Morgan fingerprint density at radius 2 is 2.00 bits per heavy atom. The highest BCUT2D eigenvalue weighted by Gasteiger charge is 2.36. The lowest BCUT2D eigenvalue weighted by Crippen LogP contribution is -2.52. The third-order valence-corrected chi connectivity index (χ3v) is 3.70. The Kier molecular flexibility index (Phi) is 4.35. The van der Waals surface area contributed by atoms with E-state index in [1.54, 1.807) is 4.90 Å². The Morgan fingerprint density at radius 1 is 1.33 bits per heavy atom. The van der Waals surface area contributed by atoms with Gasteiger partial charge in [-0.05, 0) is 23.5 Å². The van der Waals surface area contributed by atoms with E-state index in [1.807, 2.05) is 52.0 Å². The molecule has 1 aromatic carbocycles. The summed E-state index contributed by atoms with van der Waals surface area (Å²) in [6.07, 6.45) is 0.447. The van der Waals surface area contributed by atoms with E-state index in [0.29, 0.717) is 19.5 Å². The maximum atomic E-state index is 12.6. The first-order valence-electron chi connectivity index (χ1n) is 7.42. The van der Waals surface area contributed by atoms with Crippen LogP contribution in [0.15, 0.2) is 24.3 Å². The highest BCUT2D eigenvalue weighted by molar-refractivity contribution is 5.90. The summed E-state index contributed by atoms with van der Waals surface area (Å²) in [6.45, 7) is 9.19. The molecule has 0 bridgehead atoms. The van der Waals surface area contributed by atoms with Gasteiger partial charge in [-0.3, -0.25) is 9.59 Å². The molecule has 0 aromatic heterocycles. The third kappa shape index (κ3) is 3.63. The van der Waals surface area contributed by atoms with Crippen molar-refractivity contribution in [2.75, 3.05) is 13.1 Å². The van der Waals surface area contributed by atoms with E-state index in [2.05, 4.69) is 5.32 Å². The molecule has 4 heteroatoms. The Labute approximate surface area is 126 Å². The fourth-order valence-corrected chi connectivity index (χ4v) is 2.69. The monoisotopic (exact) mass is 288 g/mol. The molecule has 1 aromatic rings. The van der Waals surface area contributed by atoms with Crippen molar-refractivity contribution >= 4 is 11.8 Å². The maximum Gasteiger partial charge on any atom is 0.247 e. The summed E-state index contributed by atoms with van der Waals surface area (Å²) < 4.78 is 0. The average molecular weight is 288 g/mol. The van der Waals surface area contributed by atoms with Gasteiger partial charge in [-0.2, -0.15) is 0 Å². The lowest BCUT2D eigenvalue weighted by molar-refractivity contribution is -0.144. The number of nitrogens with zero attached hydrogens (tertiary/aromatic N) is 1. The second kappa shape index (κ2) is 5.88. The second-order valence-corrected chi connectivity index (χ2v) is 6.87. The Bertz CT molecular complexity index is 546. The molecule has 1 aliphatic heterocycles. The van der Waals surface area contributed by atoms with Crippen molar-refractivity contribution in [3.05, 3.63) is 35.4 Å². The zero-order chi connectivity index (χ0) is 15.6. The number of amides is 2. The lowest BCUT2D eigenvalue weighted by Gasteiger charge is -2.37. The minimum atomic E-state index is -0.505. The minimum Gasteiger partial charge on any atom is -0.352 e. The van der Waals surface area contributed by atoms with Gasteiger partial charge in [0.25, 0.3) is 0 Å². The molecule has 1 aliphatic rings. The number of aryl methyl sites for hydroxylation is 1. The van der Waals surface area contributed by atoms with Gasteiger partial charge in [0, 0.05) is 19.5 Å². The van der Waals surface area contributed by atoms with E-state index in [-0.39, 0.29) is 17.2 Å². The van der Waals surface area contributed by atoms with Crippen LogP contribution < -0.4 is 5.32 Å². The number of carbonyl (C=O) groups is 2. The van der Waals surface area contributed by atoms with Crippen LogP contribution in [-0.2, 0) is 9.59 Å². The van der Waals surface area contributed by atoms with Gasteiger partial charge in [0.15, 0.2) is 0 Å².